The van der Waals surface area contributed by atoms with Crippen LogP contribution in [0.5, 0.6) is 5.75 Å². The van der Waals surface area contributed by atoms with Gasteiger partial charge in [-0.2, -0.15) is 0 Å². The topological polar surface area (TPSA) is 73.1 Å². The van der Waals surface area contributed by atoms with Crippen LogP contribution >= 0.6 is 11.3 Å². The summed E-state index contributed by atoms with van der Waals surface area (Å²) >= 11 is 1.56. The highest BCUT2D eigenvalue weighted by Gasteiger charge is 2.28. The van der Waals surface area contributed by atoms with Gasteiger partial charge in [0.2, 0.25) is 0 Å². The molecule has 21 heavy (non-hydrogen) atoms. The van der Waals surface area contributed by atoms with Crippen LogP contribution in [0.15, 0.2) is 39.6 Å². The van der Waals surface area contributed by atoms with Gasteiger partial charge in [0, 0.05) is 11.8 Å². The van der Waals surface area contributed by atoms with E-state index in [1.807, 2.05) is 29.6 Å². The van der Waals surface area contributed by atoms with Gasteiger partial charge in [0.15, 0.2) is 6.10 Å². The third kappa shape index (κ3) is 2.47. The minimum atomic E-state index is -0.204. The van der Waals surface area contributed by atoms with E-state index in [2.05, 4.69) is 20.5 Å². The molecule has 3 heterocycles. The lowest BCUT2D eigenvalue weighted by Gasteiger charge is -2.04. The summed E-state index contributed by atoms with van der Waals surface area (Å²) in [6.07, 6.45) is 0.550. The zero-order chi connectivity index (χ0) is 14.1. The van der Waals surface area contributed by atoms with Gasteiger partial charge in [-0.05, 0) is 11.6 Å². The molecule has 0 saturated carbocycles. The molecule has 1 atom stereocenters. The van der Waals surface area contributed by atoms with Crippen LogP contribution in [0.4, 0.5) is 6.01 Å². The standard InChI is InChI=1S/C14H12N4O2S/c1-2-4-11-9(3-1)5-12(19-11)13-17-18-14(20-13)15-6-10-7-21-8-16-10/h1-4,7-8,12H,5-6H2,(H,15,18)/t12-/m0/s1. The van der Waals surface area contributed by atoms with Gasteiger partial charge in [0.25, 0.3) is 5.89 Å². The smallest absolute Gasteiger partial charge is 0.315 e. The molecule has 6 nitrogen and oxygen atoms in total. The predicted molar refractivity (Wildman–Crippen MR) is 77.3 cm³/mol. The summed E-state index contributed by atoms with van der Waals surface area (Å²) in [6.45, 7) is 0.566. The van der Waals surface area contributed by atoms with Gasteiger partial charge < -0.3 is 14.5 Å². The van der Waals surface area contributed by atoms with Crippen molar-refractivity contribution in [2.75, 3.05) is 5.32 Å². The van der Waals surface area contributed by atoms with Gasteiger partial charge in [0.1, 0.15) is 5.75 Å². The van der Waals surface area contributed by atoms with Crippen molar-refractivity contribution in [2.24, 2.45) is 0 Å². The molecule has 1 aliphatic rings. The number of nitrogens with zero attached hydrogens (tertiary/aromatic N) is 3. The second-order valence-electron chi connectivity index (χ2n) is 4.70. The minimum Gasteiger partial charge on any atom is -0.480 e. The normalized spacial score (nSPS) is 16.5. The van der Waals surface area contributed by atoms with E-state index in [1.54, 1.807) is 16.8 Å². The molecule has 7 heteroatoms. The fourth-order valence-corrected chi connectivity index (χ4v) is 2.81. The highest BCUT2D eigenvalue weighted by Crippen LogP contribution is 2.35. The van der Waals surface area contributed by atoms with Crippen LogP contribution in [0.1, 0.15) is 23.3 Å². The van der Waals surface area contributed by atoms with Crippen LogP contribution in [0.3, 0.4) is 0 Å². The highest BCUT2D eigenvalue weighted by molar-refractivity contribution is 7.07. The summed E-state index contributed by atoms with van der Waals surface area (Å²) in [4.78, 5) is 4.18. The lowest BCUT2D eigenvalue weighted by molar-refractivity contribution is 0.199. The molecule has 0 fully saturated rings. The number of hydrogen-bond acceptors (Lipinski definition) is 7. The number of anilines is 1. The zero-order valence-corrected chi connectivity index (χ0v) is 11.8. The van der Waals surface area contributed by atoms with Crippen LogP contribution in [0.25, 0.3) is 0 Å². The number of thiazole rings is 1. The summed E-state index contributed by atoms with van der Waals surface area (Å²) in [5, 5.41) is 13.1. The third-order valence-corrected chi connectivity index (χ3v) is 3.90. The van der Waals surface area contributed by atoms with Crippen molar-refractivity contribution in [3.8, 4) is 5.75 Å². The van der Waals surface area contributed by atoms with Crippen molar-refractivity contribution in [1.82, 2.24) is 15.2 Å². The summed E-state index contributed by atoms with van der Waals surface area (Å²) in [5.41, 5.74) is 3.90. The molecular formula is C14H12N4O2S. The van der Waals surface area contributed by atoms with Gasteiger partial charge in [-0.3, -0.25) is 0 Å². The molecule has 0 bridgehead atoms. The maximum absolute atomic E-state index is 5.82. The van der Waals surface area contributed by atoms with Crippen molar-refractivity contribution in [2.45, 2.75) is 19.1 Å². The van der Waals surface area contributed by atoms with E-state index in [0.717, 1.165) is 23.4 Å². The first kappa shape index (κ1) is 12.3. The Bertz CT molecular complexity index is 716. The molecule has 1 aliphatic heterocycles. The largest absolute Gasteiger partial charge is 0.480 e. The highest BCUT2D eigenvalue weighted by atomic mass is 32.1. The number of ether oxygens (including phenoxy) is 1. The second-order valence-corrected chi connectivity index (χ2v) is 5.42. The predicted octanol–water partition coefficient (Wildman–Crippen LogP) is 2.81. The van der Waals surface area contributed by atoms with E-state index in [1.165, 1.54) is 0 Å². The van der Waals surface area contributed by atoms with E-state index in [4.69, 9.17) is 9.15 Å². The van der Waals surface area contributed by atoms with Crippen molar-refractivity contribution < 1.29 is 9.15 Å². The summed E-state index contributed by atoms with van der Waals surface area (Å²) in [6, 6.07) is 8.34. The fraction of sp³-hybridized carbons (Fsp3) is 0.214. The number of rotatable bonds is 4. The Morgan fingerprint density at radius 1 is 1.29 bits per heavy atom. The maximum atomic E-state index is 5.82. The van der Waals surface area contributed by atoms with Crippen molar-refractivity contribution >= 4 is 17.4 Å². The lowest BCUT2D eigenvalue weighted by Crippen LogP contribution is -2.03. The number of benzene rings is 1. The first-order chi connectivity index (χ1) is 10.4. The molecule has 0 unspecified atom stereocenters. The Morgan fingerprint density at radius 3 is 3.10 bits per heavy atom. The Hall–Kier alpha value is -2.41. The van der Waals surface area contributed by atoms with Crippen molar-refractivity contribution in [1.29, 1.82) is 0 Å². The molecule has 3 aromatic rings. The quantitative estimate of drug-likeness (QED) is 0.798. The minimum absolute atomic E-state index is 0.204. The second kappa shape index (κ2) is 5.17. The fourth-order valence-electron chi connectivity index (χ4n) is 2.25. The van der Waals surface area contributed by atoms with E-state index >= 15 is 0 Å². The Labute approximate surface area is 124 Å². The van der Waals surface area contributed by atoms with Crippen LogP contribution in [0.2, 0.25) is 0 Å². The Kier molecular flexibility index (Phi) is 3.04. The van der Waals surface area contributed by atoms with Crippen LogP contribution in [-0.2, 0) is 13.0 Å². The summed E-state index contributed by atoms with van der Waals surface area (Å²) in [7, 11) is 0. The van der Waals surface area contributed by atoms with E-state index in [-0.39, 0.29) is 6.10 Å². The van der Waals surface area contributed by atoms with Gasteiger partial charge in [0.05, 0.1) is 17.7 Å². The van der Waals surface area contributed by atoms with E-state index in [9.17, 15) is 0 Å². The number of nitrogens with one attached hydrogen (secondary N) is 1. The number of para-hydroxylation sites is 1. The first-order valence-electron chi connectivity index (χ1n) is 6.57. The van der Waals surface area contributed by atoms with Gasteiger partial charge in [-0.15, -0.1) is 16.4 Å². The first-order valence-corrected chi connectivity index (χ1v) is 7.51. The Balaban J connectivity index is 1.44. The lowest BCUT2D eigenvalue weighted by atomic mass is 10.1. The Morgan fingerprint density at radius 2 is 2.24 bits per heavy atom. The van der Waals surface area contributed by atoms with Crippen molar-refractivity contribution in [3.63, 3.8) is 0 Å². The molecule has 0 amide bonds. The summed E-state index contributed by atoms with van der Waals surface area (Å²) in [5.74, 6) is 1.38. The number of aromatic nitrogens is 3. The molecule has 0 radical (unpaired) electrons. The molecule has 1 N–H and O–H groups in total. The van der Waals surface area contributed by atoms with Gasteiger partial charge in [-0.1, -0.05) is 23.3 Å². The zero-order valence-electron chi connectivity index (χ0n) is 11.0. The third-order valence-electron chi connectivity index (χ3n) is 3.27. The molecule has 106 valence electrons. The average molecular weight is 300 g/mol. The average Bonchev–Trinajstić information content (AvgIpc) is 3.24. The maximum Gasteiger partial charge on any atom is 0.315 e. The van der Waals surface area contributed by atoms with E-state index < -0.39 is 0 Å². The van der Waals surface area contributed by atoms with Crippen molar-refractivity contribution in [3.05, 3.63) is 52.3 Å². The van der Waals surface area contributed by atoms with Crippen LogP contribution < -0.4 is 10.1 Å². The number of hydrogen-bond donors (Lipinski definition) is 1. The summed E-state index contributed by atoms with van der Waals surface area (Å²) < 4.78 is 11.4. The van der Waals surface area contributed by atoms with Gasteiger partial charge >= 0.3 is 6.01 Å². The molecule has 4 rings (SSSR count). The van der Waals surface area contributed by atoms with Crippen LogP contribution in [-0.4, -0.2) is 15.2 Å². The SMILES string of the molecule is c1ccc2c(c1)C[C@@H](c1nnc(NCc3cscn3)o1)O2. The monoisotopic (exact) mass is 300 g/mol. The van der Waals surface area contributed by atoms with Gasteiger partial charge in [-0.25, -0.2) is 4.98 Å². The molecule has 0 spiro atoms. The molecule has 2 aromatic heterocycles. The molecule has 0 saturated heterocycles. The number of fused-ring (bicyclic) bond motifs is 1. The molecule has 1 aromatic carbocycles. The van der Waals surface area contributed by atoms with Crippen LogP contribution in [0, 0.1) is 0 Å². The van der Waals surface area contributed by atoms with E-state index in [0.29, 0.717) is 18.5 Å². The molecule has 0 aliphatic carbocycles. The molecular weight excluding hydrogens is 288 g/mol.